The van der Waals surface area contributed by atoms with Gasteiger partial charge >= 0.3 is 0 Å². The highest BCUT2D eigenvalue weighted by Gasteiger charge is 2.09. The second kappa shape index (κ2) is 4.34. The SMILES string of the molecule is N#CCc1nc2[nH]ccc2cc1-c1ccccc1. The quantitative estimate of drug-likeness (QED) is 0.738. The van der Waals surface area contributed by atoms with Crippen LogP contribution in [0.1, 0.15) is 5.69 Å². The third-order valence-corrected chi connectivity index (χ3v) is 2.95. The molecule has 1 aromatic carbocycles. The highest BCUT2D eigenvalue weighted by molar-refractivity contribution is 5.83. The van der Waals surface area contributed by atoms with E-state index in [2.05, 4.69) is 22.1 Å². The van der Waals surface area contributed by atoms with E-state index in [-0.39, 0.29) is 0 Å². The van der Waals surface area contributed by atoms with Crippen molar-refractivity contribution in [1.82, 2.24) is 9.97 Å². The predicted octanol–water partition coefficient (Wildman–Crippen LogP) is 3.30. The Labute approximate surface area is 105 Å². The number of H-pyrrole nitrogens is 1. The summed E-state index contributed by atoms with van der Waals surface area (Å²) < 4.78 is 0. The normalized spacial score (nSPS) is 10.4. The molecular weight excluding hydrogens is 222 g/mol. The minimum atomic E-state index is 0.319. The lowest BCUT2D eigenvalue weighted by Gasteiger charge is -2.06. The summed E-state index contributed by atoms with van der Waals surface area (Å²) in [5.74, 6) is 0. The summed E-state index contributed by atoms with van der Waals surface area (Å²) in [6.07, 6.45) is 2.18. The Morgan fingerprint density at radius 3 is 2.78 bits per heavy atom. The number of rotatable bonds is 2. The fourth-order valence-corrected chi connectivity index (χ4v) is 2.10. The maximum Gasteiger partial charge on any atom is 0.137 e. The lowest BCUT2D eigenvalue weighted by atomic mass is 10.0. The van der Waals surface area contributed by atoms with Crippen LogP contribution in [0.3, 0.4) is 0 Å². The van der Waals surface area contributed by atoms with Crippen molar-refractivity contribution in [2.45, 2.75) is 6.42 Å². The Bertz CT molecular complexity index is 720. The van der Waals surface area contributed by atoms with Gasteiger partial charge in [0.1, 0.15) is 5.65 Å². The van der Waals surface area contributed by atoms with Gasteiger partial charge in [0.25, 0.3) is 0 Å². The van der Waals surface area contributed by atoms with Crippen molar-refractivity contribution < 1.29 is 0 Å². The van der Waals surface area contributed by atoms with E-state index in [1.165, 1.54) is 0 Å². The zero-order valence-corrected chi connectivity index (χ0v) is 9.72. The van der Waals surface area contributed by atoms with Crippen LogP contribution in [-0.4, -0.2) is 9.97 Å². The van der Waals surface area contributed by atoms with Gasteiger partial charge in [-0.25, -0.2) is 4.98 Å². The van der Waals surface area contributed by atoms with Crippen molar-refractivity contribution in [1.29, 1.82) is 5.26 Å². The molecule has 86 valence electrons. The first kappa shape index (κ1) is 10.5. The van der Waals surface area contributed by atoms with Crippen LogP contribution in [0.15, 0.2) is 48.7 Å². The van der Waals surface area contributed by atoms with E-state index in [1.54, 1.807) is 0 Å². The smallest absolute Gasteiger partial charge is 0.137 e. The number of aromatic amines is 1. The van der Waals surface area contributed by atoms with E-state index in [1.807, 2.05) is 42.6 Å². The number of nitrogens with zero attached hydrogens (tertiary/aromatic N) is 2. The molecule has 0 atom stereocenters. The molecule has 3 aromatic rings. The number of nitrogens with one attached hydrogen (secondary N) is 1. The fraction of sp³-hybridized carbons (Fsp3) is 0.0667. The van der Waals surface area contributed by atoms with Gasteiger partial charge in [-0.1, -0.05) is 30.3 Å². The topological polar surface area (TPSA) is 52.5 Å². The minimum Gasteiger partial charge on any atom is -0.346 e. The molecule has 0 amide bonds. The average molecular weight is 233 g/mol. The summed E-state index contributed by atoms with van der Waals surface area (Å²) in [4.78, 5) is 7.60. The summed E-state index contributed by atoms with van der Waals surface area (Å²) in [7, 11) is 0. The highest BCUT2D eigenvalue weighted by Crippen LogP contribution is 2.26. The molecule has 3 nitrogen and oxygen atoms in total. The second-order valence-corrected chi connectivity index (χ2v) is 4.10. The number of pyridine rings is 1. The molecule has 0 aliphatic carbocycles. The number of nitriles is 1. The van der Waals surface area contributed by atoms with Gasteiger partial charge in [-0.3, -0.25) is 0 Å². The van der Waals surface area contributed by atoms with E-state index in [0.29, 0.717) is 6.42 Å². The zero-order chi connectivity index (χ0) is 12.4. The van der Waals surface area contributed by atoms with Crippen molar-refractivity contribution in [3.8, 4) is 17.2 Å². The molecule has 2 heterocycles. The monoisotopic (exact) mass is 233 g/mol. The molecule has 0 aliphatic rings. The minimum absolute atomic E-state index is 0.319. The fourth-order valence-electron chi connectivity index (χ4n) is 2.10. The molecule has 3 heteroatoms. The van der Waals surface area contributed by atoms with Crippen LogP contribution in [0.4, 0.5) is 0 Å². The van der Waals surface area contributed by atoms with Crippen LogP contribution >= 0.6 is 0 Å². The molecule has 3 rings (SSSR count). The molecule has 0 unspecified atom stereocenters. The van der Waals surface area contributed by atoms with Crippen LogP contribution in [0.25, 0.3) is 22.2 Å². The van der Waals surface area contributed by atoms with Gasteiger partial charge in [-0.2, -0.15) is 5.26 Å². The van der Waals surface area contributed by atoms with Crippen molar-refractivity contribution in [3.63, 3.8) is 0 Å². The number of hydrogen-bond donors (Lipinski definition) is 1. The number of hydrogen-bond acceptors (Lipinski definition) is 2. The van der Waals surface area contributed by atoms with Crippen LogP contribution in [0.5, 0.6) is 0 Å². The number of benzene rings is 1. The largest absolute Gasteiger partial charge is 0.346 e. The summed E-state index contributed by atoms with van der Waals surface area (Å²) in [6, 6.07) is 16.3. The van der Waals surface area contributed by atoms with Gasteiger partial charge < -0.3 is 4.98 Å². The van der Waals surface area contributed by atoms with Gasteiger partial charge in [0, 0.05) is 17.1 Å². The van der Waals surface area contributed by atoms with E-state index in [0.717, 1.165) is 27.9 Å². The van der Waals surface area contributed by atoms with Gasteiger partial charge in [0.2, 0.25) is 0 Å². The van der Waals surface area contributed by atoms with E-state index in [9.17, 15) is 0 Å². The molecule has 1 N–H and O–H groups in total. The first-order valence-corrected chi connectivity index (χ1v) is 5.78. The predicted molar refractivity (Wildman–Crippen MR) is 70.8 cm³/mol. The third kappa shape index (κ3) is 1.74. The van der Waals surface area contributed by atoms with Crippen molar-refractivity contribution >= 4 is 11.0 Å². The Morgan fingerprint density at radius 1 is 1.17 bits per heavy atom. The molecule has 0 fully saturated rings. The molecule has 0 aliphatic heterocycles. The Morgan fingerprint density at radius 2 is 2.00 bits per heavy atom. The van der Waals surface area contributed by atoms with Gasteiger partial charge in [0.15, 0.2) is 0 Å². The van der Waals surface area contributed by atoms with Crippen LogP contribution < -0.4 is 0 Å². The number of fused-ring (bicyclic) bond motifs is 1. The molecular formula is C15H11N3. The average Bonchev–Trinajstić information content (AvgIpc) is 2.86. The summed E-state index contributed by atoms with van der Waals surface area (Å²) in [5.41, 5.74) is 3.78. The summed E-state index contributed by atoms with van der Waals surface area (Å²) >= 11 is 0. The van der Waals surface area contributed by atoms with E-state index < -0.39 is 0 Å². The molecule has 18 heavy (non-hydrogen) atoms. The number of aromatic nitrogens is 2. The van der Waals surface area contributed by atoms with E-state index >= 15 is 0 Å². The highest BCUT2D eigenvalue weighted by atomic mass is 14.8. The van der Waals surface area contributed by atoms with Gasteiger partial charge in [-0.05, 0) is 17.7 Å². The summed E-state index contributed by atoms with van der Waals surface area (Å²) in [5, 5.41) is 9.98. The Hall–Kier alpha value is -2.60. The lowest BCUT2D eigenvalue weighted by Crippen LogP contribution is -1.94. The first-order valence-electron chi connectivity index (χ1n) is 5.78. The molecule has 0 saturated heterocycles. The maximum atomic E-state index is 8.91. The van der Waals surface area contributed by atoms with Crippen LogP contribution in [0, 0.1) is 11.3 Å². The van der Waals surface area contributed by atoms with Gasteiger partial charge in [0.05, 0.1) is 18.2 Å². The standard InChI is InChI=1S/C15H11N3/c16-8-6-14-13(11-4-2-1-3-5-11)10-12-7-9-17-15(12)18-14/h1-5,7,9-10H,6H2,(H,17,18). The Kier molecular flexibility index (Phi) is 2.54. The second-order valence-electron chi connectivity index (χ2n) is 4.10. The molecule has 0 saturated carbocycles. The van der Waals surface area contributed by atoms with Crippen molar-refractivity contribution in [2.24, 2.45) is 0 Å². The summed E-state index contributed by atoms with van der Waals surface area (Å²) in [6.45, 7) is 0. The van der Waals surface area contributed by atoms with E-state index in [4.69, 9.17) is 5.26 Å². The zero-order valence-electron chi connectivity index (χ0n) is 9.72. The Balaban J connectivity index is 2.25. The van der Waals surface area contributed by atoms with Crippen LogP contribution in [0.2, 0.25) is 0 Å². The third-order valence-electron chi connectivity index (χ3n) is 2.95. The van der Waals surface area contributed by atoms with Gasteiger partial charge in [-0.15, -0.1) is 0 Å². The lowest BCUT2D eigenvalue weighted by molar-refractivity contribution is 1.14. The first-order chi connectivity index (χ1) is 8.88. The van der Waals surface area contributed by atoms with Crippen molar-refractivity contribution in [2.75, 3.05) is 0 Å². The van der Waals surface area contributed by atoms with Crippen molar-refractivity contribution in [3.05, 3.63) is 54.4 Å². The molecule has 0 radical (unpaired) electrons. The van der Waals surface area contributed by atoms with Crippen LogP contribution in [-0.2, 0) is 6.42 Å². The molecule has 0 spiro atoms. The molecule has 2 aromatic heterocycles. The molecule has 0 bridgehead atoms. The maximum absolute atomic E-state index is 8.91.